The lowest BCUT2D eigenvalue weighted by molar-refractivity contribution is -0.114. The van der Waals surface area contributed by atoms with E-state index in [9.17, 15) is 18.0 Å². The van der Waals surface area contributed by atoms with Crippen molar-refractivity contribution in [3.05, 3.63) is 83.4 Å². The van der Waals surface area contributed by atoms with Crippen LogP contribution in [0.4, 0.5) is 11.4 Å². The van der Waals surface area contributed by atoms with Crippen molar-refractivity contribution in [2.45, 2.75) is 23.6 Å². The number of sulfonamides is 1. The molecule has 0 radical (unpaired) electrons. The predicted molar refractivity (Wildman–Crippen MR) is 135 cm³/mol. The number of amides is 1. The Bertz CT molecular complexity index is 1290. The summed E-state index contributed by atoms with van der Waals surface area (Å²) in [5.41, 5.74) is 2.73. The van der Waals surface area contributed by atoms with Crippen molar-refractivity contribution in [2.75, 3.05) is 29.5 Å². The average molecular weight is 499 g/mol. The Morgan fingerprint density at radius 3 is 2.21 bits per heavy atom. The first kappa shape index (κ1) is 25.3. The molecule has 9 heteroatoms. The summed E-state index contributed by atoms with van der Waals surface area (Å²) in [4.78, 5) is 25.9. The van der Waals surface area contributed by atoms with Crippen LogP contribution in [0.3, 0.4) is 0 Å². The number of anilines is 2. The Morgan fingerprint density at radius 1 is 0.971 bits per heavy atom. The molecule has 0 fully saturated rings. The lowest BCUT2D eigenvalue weighted by Gasteiger charge is -2.24. The Balaban J connectivity index is 1.94. The van der Waals surface area contributed by atoms with Crippen LogP contribution in [0, 0.1) is 13.8 Å². The third-order valence-corrected chi connectivity index (χ3v) is 7.72. The van der Waals surface area contributed by atoms with Crippen LogP contribution in [0.5, 0.6) is 0 Å². The van der Waals surface area contributed by atoms with E-state index >= 15 is 0 Å². The first-order chi connectivity index (χ1) is 16.1. The number of nitrogens with zero attached hydrogens (tertiary/aromatic N) is 1. The van der Waals surface area contributed by atoms with Gasteiger partial charge in [-0.25, -0.2) is 13.2 Å². The van der Waals surface area contributed by atoms with Gasteiger partial charge in [0.1, 0.15) is 6.54 Å². The van der Waals surface area contributed by atoms with Crippen molar-refractivity contribution in [1.82, 2.24) is 0 Å². The highest BCUT2D eigenvalue weighted by molar-refractivity contribution is 7.98. The van der Waals surface area contributed by atoms with Crippen LogP contribution >= 0.6 is 11.8 Å². The fourth-order valence-electron chi connectivity index (χ4n) is 3.22. The van der Waals surface area contributed by atoms with Crippen molar-refractivity contribution in [3.63, 3.8) is 0 Å². The molecule has 3 aromatic carbocycles. The van der Waals surface area contributed by atoms with Crippen molar-refractivity contribution >= 4 is 45.0 Å². The highest BCUT2D eigenvalue weighted by atomic mass is 32.2. The maximum absolute atomic E-state index is 13.5. The Hall–Kier alpha value is -3.30. The molecule has 7 nitrogen and oxygen atoms in total. The molecule has 0 aliphatic carbocycles. The topological polar surface area (TPSA) is 92.8 Å². The van der Waals surface area contributed by atoms with Gasteiger partial charge in [0, 0.05) is 10.6 Å². The molecule has 0 aromatic heterocycles. The molecule has 0 unspecified atom stereocenters. The van der Waals surface area contributed by atoms with E-state index in [-0.39, 0.29) is 10.5 Å². The SMILES string of the molecule is COC(=O)c1ccc(C)c(NC(=O)CN(c2ccc(C)cc2)S(=O)(=O)c2ccc(SC)cc2)c1. The summed E-state index contributed by atoms with van der Waals surface area (Å²) < 4.78 is 32.9. The van der Waals surface area contributed by atoms with E-state index in [1.165, 1.54) is 37.1 Å². The molecule has 0 saturated carbocycles. The number of carbonyl (C=O) groups excluding carboxylic acids is 2. The summed E-state index contributed by atoms with van der Waals surface area (Å²) in [6.45, 7) is 3.23. The molecule has 0 saturated heterocycles. The lowest BCUT2D eigenvalue weighted by Crippen LogP contribution is -2.38. The first-order valence-corrected chi connectivity index (χ1v) is 13.0. The quantitative estimate of drug-likeness (QED) is 0.359. The van der Waals surface area contributed by atoms with E-state index in [2.05, 4.69) is 5.32 Å². The molecule has 1 N–H and O–H groups in total. The number of hydrogen-bond donors (Lipinski definition) is 1. The average Bonchev–Trinajstić information content (AvgIpc) is 2.84. The van der Waals surface area contributed by atoms with Gasteiger partial charge in [-0.15, -0.1) is 11.8 Å². The van der Waals surface area contributed by atoms with Gasteiger partial charge in [-0.2, -0.15) is 0 Å². The number of rotatable bonds is 8. The highest BCUT2D eigenvalue weighted by Gasteiger charge is 2.27. The fourth-order valence-corrected chi connectivity index (χ4v) is 5.05. The van der Waals surface area contributed by atoms with Gasteiger partial charge in [0.2, 0.25) is 5.91 Å². The van der Waals surface area contributed by atoms with E-state index < -0.39 is 28.4 Å². The number of methoxy groups -OCH3 is 1. The van der Waals surface area contributed by atoms with E-state index in [1.807, 2.05) is 13.2 Å². The highest BCUT2D eigenvalue weighted by Crippen LogP contribution is 2.26. The van der Waals surface area contributed by atoms with Crippen molar-refractivity contribution in [3.8, 4) is 0 Å². The summed E-state index contributed by atoms with van der Waals surface area (Å²) in [6.07, 6.45) is 1.91. The van der Waals surface area contributed by atoms with Gasteiger partial charge in [0.05, 0.1) is 23.3 Å². The number of esters is 1. The standard InChI is InChI=1S/C25H26N2O5S2/c1-17-5-9-20(10-6-17)27(34(30,31)22-13-11-21(33-4)12-14-22)16-24(28)26-23-15-19(25(29)32-3)8-7-18(23)2/h5-15H,16H2,1-4H3,(H,26,28). The van der Waals surface area contributed by atoms with Crippen LogP contribution in [-0.2, 0) is 19.6 Å². The largest absolute Gasteiger partial charge is 0.465 e. The molecule has 0 bridgehead atoms. The van der Waals surface area contributed by atoms with E-state index in [0.717, 1.165) is 20.3 Å². The Morgan fingerprint density at radius 2 is 1.62 bits per heavy atom. The molecule has 0 spiro atoms. The molecule has 178 valence electrons. The third-order valence-electron chi connectivity index (χ3n) is 5.19. The summed E-state index contributed by atoms with van der Waals surface area (Å²) in [7, 11) is -2.75. The fraction of sp³-hybridized carbons (Fsp3) is 0.200. The first-order valence-electron chi connectivity index (χ1n) is 10.4. The number of nitrogens with one attached hydrogen (secondary N) is 1. The van der Waals surface area contributed by atoms with Crippen LogP contribution in [0.25, 0.3) is 0 Å². The van der Waals surface area contributed by atoms with E-state index in [1.54, 1.807) is 55.5 Å². The molecule has 0 heterocycles. The molecular weight excluding hydrogens is 472 g/mol. The number of aryl methyl sites for hydroxylation is 2. The second-order valence-electron chi connectivity index (χ2n) is 7.59. The van der Waals surface area contributed by atoms with Crippen molar-refractivity contribution < 1.29 is 22.7 Å². The maximum Gasteiger partial charge on any atom is 0.337 e. The summed E-state index contributed by atoms with van der Waals surface area (Å²) >= 11 is 1.51. The molecule has 0 aliphatic heterocycles. The zero-order valence-electron chi connectivity index (χ0n) is 19.4. The Labute approximate surface area is 204 Å². The van der Waals surface area contributed by atoms with Gasteiger partial charge < -0.3 is 10.1 Å². The molecule has 3 aromatic rings. The smallest absolute Gasteiger partial charge is 0.337 e. The predicted octanol–water partition coefficient (Wildman–Crippen LogP) is 4.65. The van der Waals surface area contributed by atoms with E-state index in [4.69, 9.17) is 4.74 Å². The number of benzene rings is 3. The second kappa shape index (κ2) is 10.8. The lowest BCUT2D eigenvalue weighted by atomic mass is 10.1. The number of thioether (sulfide) groups is 1. The molecule has 0 aliphatic rings. The van der Waals surface area contributed by atoms with Crippen LogP contribution in [0.2, 0.25) is 0 Å². The van der Waals surface area contributed by atoms with Gasteiger partial charge >= 0.3 is 5.97 Å². The zero-order valence-corrected chi connectivity index (χ0v) is 21.0. The van der Waals surface area contributed by atoms with Crippen LogP contribution in [-0.4, -0.2) is 40.2 Å². The van der Waals surface area contributed by atoms with Crippen LogP contribution in [0.15, 0.2) is 76.5 Å². The molecule has 1 amide bonds. The monoisotopic (exact) mass is 498 g/mol. The van der Waals surface area contributed by atoms with Gasteiger partial charge in [-0.3, -0.25) is 9.10 Å². The maximum atomic E-state index is 13.5. The van der Waals surface area contributed by atoms with Crippen LogP contribution in [0.1, 0.15) is 21.5 Å². The number of hydrogen-bond acceptors (Lipinski definition) is 6. The Kier molecular flexibility index (Phi) is 8.01. The van der Waals surface area contributed by atoms with E-state index in [0.29, 0.717) is 11.4 Å². The molecule has 34 heavy (non-hydrogen) atoms. The minimum absolute atomic E-state index is 0.0857. The number of ether oxygens (including phenoxy) is 1. The number of carbonyl (C=O) groups is 2. The van der Waals surface area contributed by atoms with Crippen LogP contribution < -0.4 is 9.62 Å². The zero-order chi connectivity index (χ0) is 24.9. The molecular formula is C25H26N2O5S2. The normalized spacial score (nSPS) is 11.1. The second-order valence-corrected chi connectivity index (χ2v) is 10.3. The summed E-state index contributed by atoms with van der Waals surface area (Å²) in [5, 5.41) is 2.73. The minimum Gasteiger partial charge on any atom is -0.465 e. The molecule has 3 rings (SSSR count). The van der Waals surface area contributed by atoms with Crippen molar-refractivity contribution in [1.29, 1.82) is 0 Å². The van der Waals surface area contributed by atoms with Gasteiger partial charge in [-0.1, -0.05) is 23.8 Å². The molecule has 0 atom stereocenters. The summed E-state index contributed by atoms with van der Waals surface area (Å²) in [6, 6.07) is 18.2. The third kappa shape index (κ3) is 5.78. The van der Waals surface area contributed by atoms with Gasteiger partial charge in [-0.05, 0) is 74.2 Å². The van der Waals surface area contributed by atoms with Crippen molar-refractivity contribution in [2.24, 2.45) is 0 Å². The summed E-state index contributed by atoms with van der Waals surface area (Å²) in [5.74, 6) is -1.08. The van der Waals surface area contributed by atoms with Gasteiger partial charge in [0.25, 0.3) is 10.0 Å². The minimum atomic E-state index is -4.03. The van der Waals surface area contributed by atoms with Gasteiger partial charge in [0.15, 0.2) is 0 Å².